The lowest BCUT2D eigenvalue weighted by atomic mass is 10.0. The number of benzene rings is 2. The Bertz CT molecular complexity index is 837. The number of halogens is 2. The Morgan fingerprint density at radius 3 is 2.58 bits per heavy atom. The Balaban J connectivity index is 1.82. The summed E-state index contributed by atoms with van der Waals surface area (Å²) in [5.74, 6) is -1.90. The summed E-state index contributed by atoms with van der Waals surface area (Å²) in [7, 11) is 0. The van der Waals surface area contributed by atoms with Gasteiger partial charge in [0.05, 0.1) is 22.1 Å². The fourth-order valence-electron chi connectivity index (χ4n) is 2.42. The molecule has 5 nitrogen and oxygen atoms in total. The Hall–Kier alpha value is -2.37. The third-order valence-electron chi connectivity index (χ3n) is 3.58. The largest absolute Gasteiger partial charge is 0.324 e. The van der Waals surface area contributed by atoms with Gasteiger partial charge in [0.15, 0.2) is 5.92 Å². The highest BCUT2D eigenvalue weighted by atomic mass is 35.5. The summed E-state index contributed by atoms with van der Waals surface area (Å²) in [5, 5.41) is 8.86. The van der Waals surface area contributed by atoms with Crippen LogP contribution in [0.4, 0.5) is 11.4 Å². The molecule has 7 heteroatoms. The third-order valence-corrected chi connectivity index (χ3v) is 4.15. The standard InChI is InChI=1S/C17H13Cl2N3O2/c1-10-15(16(23)20-14-9-11(18)7-8-13(14)19)17(24)22(21-10)12-5-3-2-4-6-12/h2-9,15H,1H3,(H,20,23). The minimum Gasteiger partial charge on any atom is -0.324 e. The van der Waals surface area contributed by atoms with Gasteiger partial charge in [0.25, 0.3) is 5.91 Å². The zero-order valence-corrected chi connectivity index (χ0v) is 14.2. The summed E-state index contributed by atoms with van der Waals surface area (Å²) in [6.45, 7) is 1.64. The molecule has 0 saturated heterocycles. The fourth-order valence-corrected chi connectivity index (χ4v) is 2.76. The molecule has 1 aliphatic heterocycles. The van der Waals surface area contributed by atoms with Gasteiger partial charge in [-0.25, -0.2) is 0 Å². The second kappa shape index (κ2) is 6.63. The minimum atomic E-state index is -1.000. The van der Waals surface area contributed by atoms with Crippen LogP contribution in [0.5, 0.6) is 0 Å². The van der Waals surface area contributed by atoms with Gasteiger partial charge in [-0.15, -0.1) is 0 Å². The first-order valence-corrected chi connectivity index (χ1v) is 7.93. The van der Waals surface area contributed by atoms with Crippen molar-refractivity contribution >= 4 is 52.1 Å². The van der Waals surface area contributed by atoms with Gasteiger partial charge in [0.2, 0.25) is 5.91 Å². The lowest BCUT2D eigenvalue weighted by molar-refractivity contribution is -0.127. The first-order chi connectivity index (χ1) is 11.5. The van der Waals surface area contributed by atoms with Crippen molar-refractivity contribution in [3.63, 3.8) is 0 Å². The molecule has 0 aliphatic carbocycles. The van der Waals surface area contributed by atoms with E-state index in [4.69, 9.17) is 23.2 Å². The van der Waals surface area contributed by atoms with Crippen molar-refractivity contribution in [1.29, 1.82) is 0 Å². The van der Waals surface area contributed by atoms with Gasteiger partial charge in [-0.1, -0.05) is 41.4 Å². The first kappa shape index (κ1) is 16.5. The second-order valence-corrected chi connectivity index (χ2v) is 6.12. The quantitative estimate of drug-likeness (QED) is 0.840. The van der Waals surface area contributed by atoms with Crippen LogP contribution in [-0.2, 0) is 9.59 Å². The zero-order chi connectivity index (χ0) is 17.3. The lowest BCUT2D eigenvalue weighted by Crippen LogP contribution is -2.36. The first-order valence-electron chi connectivity index (χ1n) is 7.17. The topological polar surface area (TPSA) is 61.8 Å². The molecule has 24 heavy (non-hydrogen) atoms. The number of carbonyl (C=O) groups is 2. The number of nitrogens with zero attached hydrogens (tertiary/aromatic N) is 2. The van der Waals surface area contributed by atoms with E-state index >= 15 is 0 Å². The predicted molar refractivity (Wildman–Crippen MR) is 95.6 cm³/mol. The van der Waals surface area contributed by atoms with Crippen molar-refractivity contribution in [3.8, 4) is 0 Å². The highest BCUT2D eigenvalue weighted by molar-refractivity contribution is 6.36. The van der Waals surface area contributed by atoms with Crippen molar-refractivity contribution in [2.24, 2.45) is 11.0 Å². The number of rotatable bonds is 3. The van der Waals surface area contributed by atoms with Crippen LogP contribution in [0.1, 0.15) is 6.92 Å². The highest BCUT2D eigenvalue weighted by Gasteiger charge is 2.39. The number of hydrogen-bond acceptors (Lipinski definition) is 3. The molecule has 1 unspecified atom stereocenters. The van der Waals surface area contributed by atoms with Crippen LogP contribution in [0.15, 0.2) is 53.6 Å². The molecule has 122 valence electrons. The minimum absolute atomic E-state index is 0.340. The summed E-state index contributed by atoms with van der Waals surface area (Å²) < 4.78 is 0. The van der Waals surface area contributed by atoms with E-state index in [-0.39, 0.29) is 0 Å². The number of anilines is 2. The number of nitrogens with one attached hydrogen (secondary N) is 1. The molecule has 2 aromatic carbocycles. The Labute approximate surface area is 148 Å². The summed E-state index contributed by atoms with van der Waals surface area (Å²) in [6.07, 6.45) is 0. The number of para-hydroxylation sites is 1. The maximum Gasteiger partial charge on any atom is 0.265 e. The van der Waals surface area contributed by atoms with E-state index in [2.05, 4.69) is 10.4 Å². The van der Waals surface area contributed by atoms with E-state index < -0.39 is 17.7 Å². The van der Waals surface area contributed by atoms with E-state index in [1.807, 2.05) is 6.07 Å². The molecular weight excluding hydrogens is 349 g/mol. The van der Waals surface area contributed by atoms with Gasteiger partial charge in [-0.05, 0) is 37.3 Å². The van der Waals surface area contributed by atoms with E-state index in [0.717, 1.165) is 0 Å². The average Bonchev–Trinajstić information content (AvgIpc) is 2.86. The van der Waals surface area contributed by atoms with Gasteiger partial charge in [0, 0.05) is 5.02 Å². The molecule has 0 aromatic heterocycles. The molecular formula is C17H13Cl2N3O2. The van der Waals surface area contributed by atoms with Crippen LogP contribution < -0.4 is 10.3 Å². The molecule has 0 bridgehead atoms. The van der Waals surface area contributed by atoms with Crippen LogP contribution in [0, 0.1) is 5.92 Å². The monoisotopic (exact) mass is 361 g/mol. The van der Waals surface area contributed by atoms with E-state index in [9.17, 15) is 9.59 Å². The SMILES string of the molecule is CC1=NN(c2ccccc2)C(=O)C1C(=O)Nc1cc(Cl)ccc1Cl. The molecule has 0 fully saturated rings. The van der Waals surface area contributed by atoms with Crippen LogP contribution in [0.3, 0.4) is 0 Å². The number of carbonyl (C=O) groups excluding carboxylic acids is 2. The summed E-state index contributed by atoms with van der Waals surface area (Å²) in [6, 6.07) is 13.7. The molecule has 1 heterocycles. The molecule has 1 atom stereocenters. The molecule has 0 spiro atoms. The normalized spacial score (nSPS) is 17.0. The average molecular weight is 362 g/mol. The summed E-state index contributed by atoms with van der Waals surface area (Å²) in [5.41, 5.74) is 1.38. The van der Waals surface area contributed by atoms with Crippen LogP contribution >= 0.6 is 23.2 Å². The predicted octanol–water partition coefficient (Wildman–Crippen LogP) is 3.97. The molecule has 1 aliphatic rings. The Morgan fingerprint density at radius 1 is 1.17 bits per heavy atom. The summed E-state index contributed by atoms with van der Waals surface area (Å²) in [4.78, 5) is 25.1. The van der Waals surface area contributed by atoms with Crippen molar-refractivity contribution in [1.82, 2.24) is 0 Å². The molecule has 1 N–H and O–H groups in total. The zero-order valence-electron chi connectivity index (χ0n) is 12.7. The van der Waals surface area contributed by atoms with Crippen LogP contribution in [0.25, 0.3) is 0 Å². The van der Waals surface area contributed by atoms with Gasteiger partial charge in [-0.2, -0.15) is 10.1 Å². The fraction of sp³-hybridized carbons (Fsp3) is 0.118. The van der Waals surface area contributed by atoms with Crippen molar-refractivity contribution in [2.75, 3.05) is 10.3 Å². The molecule has 0 radical (unpaired) electrons. The number of hydrazone groups is 1. The van der Waals surface area contributed by atoms with Gasteiger partial charge in [-0.3, -0.25) is 9.59 Å². The number of amides is 2. The van der Waals surface area contributed by atoms with Gasteiger partial charge < -0.3 is 5.32 Å². The van der Waals surface area contributed by atoms with Gasteiger partial charge in [0.1, 0.15) is 0 Å². The number of hydrogen-bond donors (Lipinski definition) is 1. The van der Waals surface area contributed by atoms with Crippen LogP contribution in [-0.4, -0.2) is 17.5 Å². The molecule has 3 rings (SSSR count). The van der Waals surface area contributed by atoms with Crippen LogP contribution in [0.2, 0.25) is 10.0 Å². The van der Waals surface area contributed by atoms with E-state index in [1.165, 1.54) is 11.1 Å². The third kappa shape index (κ3) is 3.13. The molecule has 0 saturated carbocycles. The Kier molecular flexibility index (Phi) is 4.55. The lowest BCUT2D eigenvalue weighted by Gasteiger charge is -2.15. The maximum atomic E-state index is 12.6. The van der Waals surface area contributed by atoms with Crippen molar-refractivity contribution in [3.05, 3.63) is 58.6 Å². The van der Waals surface area contributed by atoms with Crippen molar-refractivity contribution in [2.45, 2.75) is 6.92 Å². The van der Waals surface area contributed by atoms with E-state index in [0.29, 0.717) is 27.1 Å². The summed E-state index contributed by atoms with van der Waals surface area (Å²) >= 11 is 12.0. The Morgan fingerprint density at radius 2 is 1.88 bits per heavy atom. The smallest absolute Gasteiger partial charge is 0.265 e. The highest BCUT2D eigenvalue weighted by Crippen LogP contribution is 2.28. The van der Waals surface area contributed by atoms with E-state index in [1.54, 1.807) is 43.3 Å². The van der Waals surface area contributed by atoms with Crippen molar-refractivity contribution < 1.29 is 9.59 Å². The second-order valence-electron chi connectivity index (χ2n) is 5.27. The van der Waals surface area contributed by atoms with Gasteiger partial charge >= 0.3 is 0 Å². The maximum absolute atomic E-state index is 12.6. The molecule has 2 amide bonds. The molecule has 2 aromatic rings.